The molecule has 7 nitrogen and oxygen atoms in total. The molecule has 0 saturated carbocycles. The van der Waals surface area contributed by atoms with Crippen LogP contribution in [0, 0.1) is 13.8 Å². The van der Waals surface area contributed by atoms with Gasteiger partial charge in [-0.3, -0.25) is 0 Å². The molecule has 1 fully saturated rings. The van der Waals surface area contributed by atoms with Gasteiger partial charge in [-0.1, -0.05) is 31.0 Å². The molecule has 0 radical (unpaired) electrons. The summed E-state index contributed by atoms with van der Waals surface area (Å²) in [6, 6.07) is 12.6. The van der Waals surface area contributed by atoms with Crippen LogP contribution in [0.5, 0.6) is 0 Å². The maximum atomic E-state index is 5.51. The summed E-state index contributed by atoms with van der Waals surface area (Å²) in [6.07, 6.45) is 3.61. The van der Waals surface area contributed by atoms with Crippen LogP contribution in [0.15, 0.2) is 47.1 Å². The maximum Gasteiger partial charge on any atom is 0.255 e. The number of furan rings is 1. The van der Waals surface area contributed by atoms with E-state index in [1.165, 1.54) is 16.8 Å². The third kappa shape index (κ3) is 3.76. The summed E-state index contributed by atoms with van der Waals surface area (Å²) in [5, 5.41) is 4.73. The number of fused-ring (bicyclic) bond motifs is 1. The van der Waals surface area contributed by atoms with E-state index in [-0.39, 0.29) is 0 Å². The van der Waals surface area contributed by atoms with Gasteiger partial charge in [0.2, 0.25) is 5.82 Å². The second-order valence-electron chi connectivity index (χ2n) is 8.24. The lowest BCUT2D eigenvalue weighted by Gasteiger charge is -2.38. The fraction of sp³-hybridized carbons (Fsp3) is 0.375. The second kappa shape index (κ2) is 8.06. The molecule has 0 bridgehead atoms. The Morgan fingerprint density at radius 1 is 0.968 bits per heavy atom. The van der Waals surface area contributed by atoms with Crippen LogP contribution in [0.2, 0.25) is 0 Å². The van der Waals surface area contributed by atoms with Crippen molar-refractivity contribution in [1.82, 2.24) is 19.6 Å². The highest BCUT2D eigenvalue weighted by Crippen LogP contribution is 2.26. The van der Waals surface area contributed by atoms with E-state index in [2.05, 4.69) is 59.8 Å². The van der Waals surface area contributed by atoms with Crippen LogP contribution in [0.4, 0.5) is 11.5 Å². The van der Waals surface area contributed by atoms with E-state index in [0.29, 0.717) is 17.4 Å². The van der Waals surface area contributed by atoms with E-state index in [0.717, 1.165) is 50.5 Å². The Balaban J connectivity index is 1.45. The molecule has 0 atom stereocenters. The van der Waals surface area contributed by atoms with Crippen LogP contribution in [0.25, 0.3) is 17.4 Å². The maximum absolute atomic E-state index is 5.51. The van der Waals surface area contributed by atoms with Gasteiger partial charge in [-0.25, -0.2) is 4.98 Å². The highest BCUT2D eigenvalue weighted by molar-refractivity contribution is 5.58. The molecule has 0 spiro atoms. The first kappa shape index (κ1) is 19.6. The van der Waals surface area contributed by atoms with E-state index in [1.807, 2.05) is 16.6 Å². The monoisotopic (exact) mass is 416 g/mol. The molecule has 0 unspecified atom stereocenters. The van der Waals surface area contributed by atoms with Crippen molar-refractivity contribution < 1.29 is 4.42 Å². The van der Waals surface area contributed by atoms with Crippen molar-refractivity contribution in [3.63, 3.8) is 0 Å². The molecule has 1 saturated heterocycles. The number of aryl methyl sites for hydroxylation is 3. The molecule has 0 amide bonds. The van der Waals surface area contributed by atoms with Crippen LogP contribution in [0.1, 0.15) is 30.2 Å². The summed E-state index contributed by atoms with van der Waals surface area (Å²) in [5.41, 5.74) is 5.03. The van der Waals surface area contributed by atoms with Crippen molar-refractivity contribution in [3.8, 4) is 11.6 Å². The number of hydrogen-bond acceptors (Lipinski definition) is 6. The quantitative estimate of drug-likeness (QED) is 0.484. The molecule has 5 rings (SSSR count). The fourth-order valence-electron chi connectivity index (χ4n) is 4.36. The van der Waals surface area contributed by atoms with Gasteiger partial charge >= 0.3 is 0 Å². The smallest absolute Gasteiger partial charge is 0.255 e. The lowest BCUT2D eigenvalue weighted by molar-refractivity contribution is 0.577. The SMILES string of the molecule is CCCc1cc(N2CCN(c3ccc(C)cc3C)CC2)n2nc(-c3ccco3)nc2n1. The molecule has 1 aliphatic rings. The van der Waals surface area contributed by atoms with Crippen molar-refractivity contribution in [3.05, 3.63) is 59.5 Å². The summed E-state index contributed by atoms with van der Waals surface area (Å²) in [4.78, 5) is 14.3. The topological polar surface area (TPSA) is 62.7 Å². The second-order valence-corrected chi connectivity index (χ2v) is 8.24. The fourth-order valence-corrected chi connectivity index (χ4v) is 4.36. The summed E-state index contributed by atoms with van der Waals surface area (Å²) < 4.78 is 7.37. The number of nitrogens with zero attached hydrogens (tertiary/aromatic N) is 6. The zero-order chi connectivity index (χ0) is 21.4. The minimum absolute atomic E-state index is 0.571. The zero-order valence-electron chi connectivity index (χ0n) is 18.4. The molecule has 4 heterocycles. The molecule has 3 aromatic heterocycles. The molecular formula is C24H28N6O. The summed E-state index contributed by atoms with van der Waals surface area (Å²) >= 11 is 0. The van der Waals surface area contributed by atoms with Gasteiger partial charge in [-0.15, -0.1) is 5.10 Å². The lowest BCUT2D eigenvalue weighted by Crippen LogP contribution is -2.47. The molecule has 31 heavy (non-hydrogen) atoms. The normalized spacial score (nSPS) is 14.5. The van der Waals surface area contributed by atoms with Crippen molar-refractivity contribution in [2.45, 2.75) is 33.6 Å². The highest BCUT2D eigenvalue weighted by Gasteiger charge is 2.23. The lowest BCUT2D eigenvalue weighted by atomic mass is 10.1. The highest BCUT2D eigenvalue weighted by atomic mass is 16.3. The molecule has 0 N–H and O–H groups in total. The third-order valence-corrected chi connectivity index (χ3v) is 5.89. The molecule has 4 aromatic rings. The Hall–Kier alpha value is -3.35. The van der Waals surface area contributed by atoms with E-state index in [1.54, 1.807) is 6.26 Å². The van der Waals surface area contributed by atoms with E-state index >= 15 is 0 Å². The molecule has 7 heteroatoms. The van der Waals surface area contributed by atoms with Gasteiger partial charge in [0.15, 0.2) is 5.76 Å². The van der Waals surface area contributed by atoms with Gasteiger partial charge < -0.3 is 14.2 Å². The van der Waals surface area contributed by atoms with Crippen LogP contribution < -0.4 is 9.80 Å². The Kier molecular flexibility index (Phi) is 5.10. The van der Waals surface area contributed by atoms with E-state index in [9.17, 15) is 0 Å². The Morgan fingerprint density at radius 3 is 2.48 bits per heavy atom. The van der Waals surface area contributed by atoms with Gasteiger partial charge in [0.25, 0.3) is 5.78 Å². The first-order chi connectivity index (χ1) is 15.1. The first-order valence-electron chi connectivity index (χ1n) is 11.0. The van der Waals surface area contributed by atoms with Crippen molar-refractivity contribution in [1.29, 1.82) is 0 Å². The van der Waals surface area contributed by atoms with Crippen LogP contribution in [0.3, 0.4) is 0 Å². The van der Waals surface area contributed by atoms with Gasteiger partial charge in [-0.05, 0) is 44.0 Å². The number of rotatable bonds is 5. The summed E-state index contributed by atoms with van der Waals surface area (Å²) in [7, 11) is 0. The van der Waals surface area contributed by atoms with Gasteiger partial charge in [0.1, 0.15) is 5.82 Å². The molecule has 1 aromatic carbocycles. The largest absolute Gasteiger partial charge is 0.461 e. The van der Waals surface area contributed by atoms with E-state index in [4.69, 9.17) is 14.5 Å². The van der Waals surface area contributed by atoms with E-state index < -0.39 is 0 Å². The average Bonchev–Trinajstić information content (AvgIpc) is 3.43. The summed E-state index contributed by atoms with van der Waals surface area (Å²) in [6.45, 7) is 10.3. The Labute approximate surface area is 182 Å². The van der Waals surface area contributed by atoms with Crippen molar-refractivity contribution >= 4 is 17.3 Å². The van der Waals surface area contributed by atoms with Gasteiger partial charge in [-0.2, -0.15) is 9.50 Å². The van der Waals surface area contributed by atoms with Gasteiger partial charge in [0, 0.05) is 43.6 Å². The minimum Gasteiger partial charge on any atom is -0.461 e. The number of piperazine rings is 1. The Morgan fingerprint density at radius 2 is 1.77 bits per heavy atom. The van der Waals surface area contributed by atoms with Crippen molar-refractivity contribution in [2.24, 2.45) is 0 Å². The Bertz CT molecular complexity index is 1190. The number of anilines is 2. The number of aromatic nitrogens is 4. The molecule has 160 valence electrons. The predicted molar refractivity (Wildman–Crippen MR) is 123 cm³/mol. The predicted octanol–water partition coefficient (Wildman–Crippen LogP) is 4.28. The molecular weight excluding hydrogens is 388 g/mol. The summed E-state index contributed by atoms with van der Waals surface area (Å²) in [5.74, 6) is 2.91. The number of benzene rings is 1. The van der Waals surface area contributed by atoms with Crippen LogP contribution >= 0.6 is 0 Å². The number of hydrogen-bond donors (Lipinski definition) is 0. The van der Waals surface area contributed by atoms with Crippen LogP contribution in [-0.2, 0) is 6.42 Å². The average molecular weight is 417 g/mol. The van der Waals surface area contributed by atoms with Gasteiger partial charge in [0.05, 0.1) is 6.26 Å². The van der Waals surface area contributed by atoms with Crippen molar-refractivity contribution in [2.75, 3.05) is 36.0 Å². The zero-order valence-corrected chi connectivity index (χ0v) is 18.4. The van der Waals surface area contributed by atoms with Crippen LogP contribution in [-0.4, -0.2) is 45.8 Å². The molecule has 1 aliphatic heterocycles. The third-order valence-electron chi connectivity index (χ3n) is 5.89. The standard InChI is InChI=1S/C24H28N6O/c1-4-6-19-16-22(30-24(25-19)26-23(27-30)21-7-5-14-31-21)29-12-10-28(11-13-29)20-9-8-17(2)15-18(20)3/h5,7-9,14-16H,4,6,10-13H2,1-3H3. The first-order valence-corrected chi connectivity index (χ1v) is 11.0. The molecule has 0 aliphatic carbocycles. The minimum atomic E-state index is 0.571.